The summed E-state index contributed by atoms with van der Waals surface area (Å²) in [5.41, 5.74) is 7.23. The molecule has 3 heteroatoms. The molecule has 1 heterocycles. The molecule has 4 rings (SSSR count). The fourth-order valence-corrected chi connectivity index (χ4v) is 3.40. The molecule has 0 radical (unpaired) electrons. The van der Waals surface area contributed by atoms with Crippen molar-refractivity contribution in [3.63, 3.8) is 0 Å². The van der Waals surface area contributed by atoms with Gasteiger partial charge in [0.2, 0.25) is 0 Å². The molecule has 0 saturated heterocycles. The third-order valence-electron chi connectivity index (χ3n) is 4.81. The van der Waals surface area contributed by atoms with Gasteiger partial charge in [-0.1, -0.05) is 42.5 Å². The Labute approximate surface area is 157 Å². The van der Waals surface area contributed by atoms with E-state index in [9.17, 15) is 8.78 Å². The molecule has 0 bridgehead atoms. The van der Waals surface area contributed by atoms with Crippen LogP contribution < -0.4 is 0 Å². The zero-order chi connectivity index (χ0) is 18.8. The smallest absolute Gasteiger partial charge is 0.126 e. The number of hydrogen-bond donors (Lipinski definition) is 0. The van der Waals surface area contributed by atoms with E-state index in [1.165, 1.54) is 28.8 Å². The minimum Gasteiger partial charge on any atom is -0.280 e. The predicted molar refractivity (Wildman–Crippen MR) is 106 cm³/mol. The molecule has 0 aromatic heterocycles. The van der Waals surface area contributed by atoms with Crippen LogP contribution in [0.2, 0.25) is 0 Å². The molecule has 0 unspecified atom stereocenters. The van der Waals surface area contributed by atoms with Crippen LogP contribution in [0.5, 0.6) is 0 Å². The Hall–Kier alpha value is -3.07. The molecule has 27 heavy (non-hydrogen) atoms. The van der Waals surface area contributed by atoms with Gasteiger partial charge in [-0.3, -0.25) is 4.99 Å². The van der Waals surface area contributed by atoms with Crippen LogP contribution in [0, 0.1) is 18.6 Å². The van der Waals surface area contributed by atoms with Crippen molar-refractivity contribution >= 4 is 11.8 Å². The Balaban J connectivity index is 1.59. The predicted octanol–water partition coefficient (Wildman–Crippen LogP) is 5.88. The van der Waals surface area contributed by atoms with E-state index in [4.69, 9.17) is 0 Å². The van der Waals surface area contributed by atoms with E-state index < -0.39 is 11.6 Å². The summed E-state index contributed by atoms with van der Waals surface area (Å²) in [6, 6.07) is 18.0. The maximum absolute atomic E-state index is 13.4. The standard InChI is InChI=1S/C24H19F2N/c1-16-4-2-3-5-19(16)8-9-24-23-13-17(6-7-20(23)15-27-24)10-18-11-21(25)14-22(26)12-18/h2-9,11-14H,10,15H2,1H3/b9-8+. The zero-order valence-corrected chi connectivity index (χ0v) is 15.0. The van der Waals surface area contributed by atoms with Gasteiger partial charge >= 0.3 is 0 Å². The Bertz CT molecular complexity index is 1040. The van der Waals surface area contributed by atoms with E-state index in [1.807, 2.05) is 24.3 Å². The van der Waals surface area contributed by atoms with Gasteiger partial charge in [0, 0.05) is 11.6 Å². The van der Waals surface area contributed by atoms with Crippen molar-refractivity contribution in [2.75, 3.05) is 0 Å². The normalized spacial score (nSPS) is 13.1. The Morgan fingerprint density at radius 2 is 1.67 bits per heavy atom. The van der Waals surface area contributed by atoms with Gasteiger partial charge in [0.05, 0.1) is 12.3 Å². The Kier molecular flexibility index (Phi) is 4.68. The van der Waals surface area contributed by atoms with E-state index in [-0.39, 0.29) is 0 Å². The van der Waals surface area contributed by atoms with E-state index >= 15 is 0 Å². The third-order valence-corrected chi connectivity index (χ3v) is 4.81. The van der Waals surface area contributed by atoms with Crippen LogP contribution in [0.3, 0.4) is 0 Å². The highest BCUT2D eigenvalue weighted by Crippen LogP contribution is 2.24. The molecule has 1 aliphatic rings. The number of benzene rings is 3. The molecule has 0 amide bonds. The number of fused-ring (bicyclic) bond motifs is 1. The fraction of sp³-hybridized carbons (Fsp3) is 0.125. The first kappa shape index (κ1) is 17.3. The summed E-state index contributed by atoms with van der Waals surface area (Å²) in [4.78, 5) is 4.63. The summed E-state index contributed by atoms with van der Waals surface area (Å²) in [7, 11) is 0. The first-order chi connectivity index (χ1) is 13.1. The van der Waals surface area contributed by atoms with Crippen LogP contribution in [0.15, 0.2) is 71.7 Å². The first-order valence-electron chi connectivity index (χ1n) is 8.94. The van der Waals surface area contributed by atoms with Gasteiger partial charge in [-0.15, -0.1) is 0 Å². The van der Waals surface area contributed by atoms with Crippen molar-refractivity contribution in [3.05, 3.63) is 112 Å². The second-order valence-electron chi connectivity index (χ2n) is 6.84. The number of aryl methyl sites for hydroxylation is 1. The van der Waals surface area contributed by atoms with Crippen LogP contribution in [0.1, 0.15) is 33.4 Å². The molecule has 1 aliphatic heterocycles. The van der Waals surface area contributed by atoms with Gasteiger partial charge in [-0.25, -0.2) is 8.78 Å². The van der Waals surface area contributed by atoms with Crippen LogP contribution >= 0.6 is 0 Å². The highest BCUT2D eigenvalue weighted by atomic mass is 19.1. The topological polar surface area (TPSA) is 12.4 Å². The zero-order valence-electron chi connectivity index (χ0n) is 15.0. The van der Waals surface area contributed by atoms with Gasteiger partial charge in [-0.05, 0) is 65.4 Å². The highest BCUT2D eigenvalue weighted by molar-refractivity contribution is 6.13. The summed E-state index contributed by atoms with van der Waals surface area (Å²) in [5.74, 6) is -1.09. The lowest BCUT2D eigenvalue weighted by Crippen LogP contribution is -1.98. The average molecular weight is 359 g/mol. The summed E-state index contributed by atoms with van der Waals surface area (Å²) in [6.07, 6.45) is 4.61. The summed E-state index contributed by atoms with van der Waals surface area (Å²) < 4.78 is 26.9. The van der Waals surface area contributed by atoms with Gasteiger partial charge in [0.15, 0.2) is 0 Å². The van der Waals surface area contributed by atoms with Gasteiger partial charge < -0.3 is 0 Å². The van der Waals surface area contributed by atoms with E-state index in [1.54, 1.807) is 0 Å². The number of hydrogen-bond acceptors (Lipinski definition) is 1. The van der Waals surface area contributed by atoms with Crippen molar-refractivity contribution in [3.8, 4) is 0 Å². The second-order valence-corrected chi connectivity index (χ2v) is 6.84. The fourth-order valence-electron chi connectivity index (χ4n) is 3.40. The highest BCUT2D eigenvalue weighted by Gasteiger charge is 2.14. The molecule has 3 aromatic rings. The molecule has 0 atom stereocenters. The average Bonchev–Trinajstić information content (AvgIpc) is 3.02. The first-order valence-corrected chi connectivity index (χ1v) is 8.94. The molecule has 3 aromatic carbocycles. The van der Waals surface area contributed by atoms with Crippen molar-refractivity contribution < 1.29 is 8.78 Å². The Morgan fingerprint density at radius 1 is 0.889 bits per heavy atom. The van der Waals surface area contributed by atoms with Crippen LogP contribution in [0.25, 0.3) is 6.08 Å². The van der Waals surface area contributed by atoms with E-state index in [0.717, 1.165) is 22.9 Å². The van der Waals surface area contributed by atoms with Crippen LogP contribution in [0.4, 0.5) is 8.78 Å². The number of aliphatic imine (C=N–C) groups is 1. The van der Waals surface area contributed by atoms with E-state index in [0.29, 0.717) is 18.5 Å². The largest absolute Gasteiger partial charge is 0.280 e. The second kappa shape index (κ2) is 7.28. The lowest BCUT2D eigenvalue weighted by Gasteiger charge is -2.07. The summed E-state index contributed by atoms with van der Waals surface area (Å²) in [6.45, 7) is 2.75. The lowest BCUT2D eigenvalue weighted by molar-refractivity contribution is 0.580. The van der Waals surface area contributed by atoms with Gasteiger partial charge in [0.25, 0.3) is 0 Å². The van der Waals surface area contributed by atoms with Gasteiger partial charge in [0.1, 0.15) is 11.6 Å². The summed E-state index contributed by atoms with van der Waals surface area (Å²) >= 11 is 0. The molecular formula is C24H19F2N. The molecule has 0 spiro atoms. The Morgan fingerprint density at radius 3 is 2.44 bits per heavy atom. The molecule has 0 N–H and O–H groups in total. The van der Waals surface area contributed by atoms with Crippen molar-refractivity contribution in [2.45, 2.75) is 19.9 Å². The van der Waals surface area contributed by atoms with Crippen molar-refractivity contribution in [2.24, 2.45) is 4.99 Å². The van der Waals surface area contributed by atoms with Crippen LogP contribution in [-0.4, -0.2) is 5.71 Å². The molecule has 0 fully saturated rings. The van der Waals surface area contributed by atoms with Crippen molar-refractivity contribution in [1.29, 1.82) is 0 Å². The van der Waals surface area contributed by atoms with Crippen molar-refractivity contribution in [1.82, 2.24) is 0 Å². The molecule has 1 nitrogen and oxygen atoms in total. The maximum Gasteiger partial charge on any atom is 0.126 e. The molecule has 0 aliphatic carbocycles. The van der Waals surface area contributed by atoms with E-state index in [2.05, 4.69) is 42.3 Å². The monoisotopic (exact) mass is 359 g/mol. The molecule has 134 valence electrons. The maximum atomic E-state index is 13.4. The number of allylic oxidation sites excluding steroid dienone is 1. The molecular weight excluding hydrogens is 340 g/mol. The summed E-state index contributed by atoms with van der Waals surface area (Å²) in [5, 5.41) is 0. The molecule has 0 saturated carbocycles. The van der Waals surface area contributed by atoms with Crippen LogP contribution in [-0.2, 0) is 13.0 Å². The lowest BCUT2D eigenvalue weighted by atomic mass is 9.97. The SMILES string of the molecule is Cc1ccccc1/C=C/C1=NCc2ccc(Cc3cc(F)cc(F)c3)cc21. The van der Waals surface area contributed by atoms with Gasteiger partial charge in [-0.2, -0.15) is 0 Å². The third kappa shape index (κ3) is 3.87. The number of nitrogens with zero attached hydrogens (tertiary/aromatic N) is 1. The minimum absolute atomic E-state index is 0.483. The number of rotatable bonds is 4. The minimum atomic E-state index is -0.547. The number of halogens is 2. The quantitative estimate of drug-likeness (QED) is 0.551.